The first-order valence-corrected chi connectivity index (χ1v) is 13.7. The van der Waals surface area contributed by atoms with Crippen LogP contribution in [0.3, 0.4) is 0 Å². The molecule has 4 aromatic rings. The summed E-state index contributed by atoms with van der Waals surface area (Å²) < 4.78 is 33.4. The number of nitrogens with zero attached hydrogens (tertiary/aromatic N) is 4. The SMILES string of the molecule is COc1cc2ncnc(Nc3cc(C)c(Oc4ccn(C)c(=O)c4)cc3OC)c2cc1NC(=O)/C(F)=C\[C@H]1CCCN1C. The summed E-state index contributed by atoms with van der Waals surface area (Å²) in [5, 5.41) is 6.46. The van der Waals surface area contributed by atoms with E-state index in [1.54, 1.807) is 37.5 Å². The summed E-state index contributed by atoms with van der Waals surface area (Å²) in [7, 11) is 6.56. The molecule has 1 atom stereocenters. The Kier molecular flexibility index (Phi) is 8.58. The maximum Gasteiger partial charge on any atom is 0.284 e. The van der Waals surface area contributed by atoms with Gasteiger partial charge in [-0.2, -0.15) is 0 Å². The van der Waals surface area contributed by atoms with E-state index in [4.69, 9.17) is 14.2 Å². The third-order valence-electron chi connectivity index (χ3n) is 7.39. The van der Waals surface area contributed by atoms with Gasteiger partial charge in [0.25, 0.3) is 11.5 Å². The number of ether oxygens (including phenoxy) is 3. The number of benzene rings is 2. The first kappa shape index (κ1) is 29.5. The number of carbonyl (C=O) groups excluding carboxylic acids is 1. The van der Waals surface area contributed by atoms with Gasteiger partial charge in [0.1, 0.15) is 35.1 Å². The monoisotopic (exact) mass is 588 g/mol. The highest BCUT2D eigenvalue weighted by molar-refractivity contribution is 6.05. The highest BCUT2D eigenvalue weighted by Gasteiger charge is 2.22. The predicted molar refractivity (Wildman–Crippen MR) is 162 cm³/mol. The molecule has 2 aromatic heterocycles. The molecule has 43 heavy (non-hydrogen) atoms. The lowest BCUT2D eigenvalue weighted by molar-refractivity contribution is -0.114. The van der Waals surface area contributed by atoms with E-state index in [0.29, 0.717) is 45.4 Å². The maximum absolute atomic E-state index is 14.9. The van der Waals surface area contributed by atoms with Crippen molar-refractivity contribution in [2.45, 2.75) is 25.8 Å². The van der Waals surface area contributed by atoms with Crippen molar-refractivity contribution in [2.75, 3.05) is 38.4 Å². The highest BCUT2D eigenvalue weighted by Crippen LogP contribution is 2.38. The molecule has 5 rings (SSSR count). The zero-order valence-corrected chi connectivity index (χ0v) is 24.6. The molecule has 1 saturated heterocycles. The number of aryl methyl sites for hydroxylation is 2. The second-order valence-corrected chi connectivity index (χ2v) is 10.3. The van der Waals surface area contributed by atoms with Crippen molar-refractivity contribution in [3.63, 3.8) is 0 Å². The van der Waals surface area contributed by atoms with E-state index in [1.165, 1.54) is 37.3 Å². The van der Waals surface area contributed by atoms with Crippen LogP contribution in [0.1, 0.15) is 18.4 Å². The summed E-state index contributed by atoms with van der Waals surface area (Å²) in [6.45, 7) is 2.72. The van der Waals surface area contributed by atoms with Gasteiger partial charge in [0.2, 0.25) is 0 Å². The van der Waals surface area contributed by atoms with E-state index < -0.39 is 11.7 Å². The summed E-state index contributed by atoms with van der Waals surface area (Å²) in [4.78, 5) is 35.6. The minimum absolute atomic E-state index is 0.122. The zero-order chi connectivity index (χ0) is 30.7. The van der Waals surface area contributed by atoms with Crippen LogP contribution in [0.2, 0.25) is 0 Å². The van der Waals surface area contributed by atoms with Crippen molar-refractivity contribution in [2.24, 2.45) is 7.05 Å². The molecule has 0 radical (unpaired) electrons. The minimum Gasteiger partial charge on any atom is -0.494 e. The van der Waals surface area contributed by atoms with E-state index in [0.717, 1.165) is 24.9 Å². The van der Waals surface area contributed by atoms with Gasteiger partial charge in [-0.05, 0) is 63.2 Å². The molecule has 1 aliphatic heterocycles. The van der Waals surface area contributed by atoms with Gasteiger partial charge in [0.15, 0.2) is 5.83 Å². The summed E-state index contributed by atoms with van der Waals surface area (Å²) in [5.74, 6) is 0.391. The molecule has 0 unspecified atom stereocenters. The Morgan fingerprint density at radius 2 is 1.81 bits per heavy atom. The number of hydrogen-bond donors (Lipinski definition) is 2. The number of rotatable bonds is 9. The van der Waals surface area contributed by atoms with Crippen LogP contribution < -0.4 is 30.4 Å². The van der Waals surface area contributed by atoms with E-state index in [-0.39, 0.29) is 17.3 Å². The number of aromatic nitrogens is 3. The lowest BCUT2D eigenvalue weighted by Crippen LogP contribution is -2.24. The second kappa shape index (κ2) is 12.5. The fraction of sp³-hybridized carbons (Fsp3) is 0.290. The van der Waals surface area contributed by atoms with Gasteiger partial charge >= 0.3 is 0 Å². The topological polar surface area (TPSA) is 120 Å². The lowest BCUT2D eigenvalue weighted by atomic mass is 10.1. The third kappa shape index (κ3) is 6.44. The van der Waals surface area contributed by atoms with Gasteiger partial charge in [-0.3, -0.25) is 14.5 Å². The van der Waals surface area contributed by atoms with Crippen molar-refractivity contribution in [3.8, 4) is 23.0 Å². The van der Waals surface area contributed by atoms with Gasteiger partial charge < -0.3 is 29.4 Å². The van der Waals surface area contributed by atoms with Crippen molar-refractivity contribution < 1.29 is 23.4 Å². The number of likely N-dealkylation sites (N-methyl/N-ethyl adjacent to an activating group) is 1. The number of anilines is 3. The van der Waals surface area contributed by atoms with Gasteiger partial charge in [-0.15, -0.1) is 0 Å². The fourth-order valence-electron chi connectivity index (χ4n) is 4.92. The normalized spacial score (nSPS) is 15.4. The van der Waals surface area contributed by atoms with Crippen molar-refractivity contribution in [3.05, 3.63) is 76.7 Å². The third-order valence-corrected chi connectivity index (χ3v) is 7.39. The molecule has 12 heteroatoms. The molecule has 11 nitrogen and oxygen atoms in total. The standard InChI is InChI=1S/C31H33FN6O5/c1-18-11-24(28(42-5)16-26(18)43-20-8-10-38(3)29(39)13-20)35-30-21-14-25(27(41-4)15-23(21)33-17-34-30)36-31(40)22(32)12-19-7-6-9-37(19)2/h8,10-17,19H,6-7,9H2,1-5H3,(H,36,40)(H,33,34,35)/b22-12+/t19-/m1/s1. The van der Waals surface area contributed by atoms with Gasteiger partial charge in [-0.25, -0.2) is 14.4 Å². The van der Waals surface area contributed by atoms with Crippen LogP contribution in [0.15, 0.2) is 65.6 Å². The van der Waals surface area contributed by atoms with E-state index in [9.17, 15) is 14.0 Å². The molecule has 1 aliphatic rings. The lowest BCUT2D eigenvalue weighted by Gasteiger charge is -2.17. The molecule has 0 aliphatic carbocycles. The molecule has 1 amide bonds. The molecular formula is C31H33FN6O5. The Hall–Kier alpha value is -4.97. The average Bonchev–Trinajstić information content (AvgIpc) is 3.39. The summed E-state index contributed by atoms with van der Waals surface area (Å²) >= 11 is 0. The van der Waals surface area contributed by atoms with E-state index in [1.807, 2.05) is 24.9 Å². The Labute approximate surface area is 247 Å². The highest BCUT2D eigenvalue weighted by atomic mass is 19.1. The number of pyridine rings is 1. The van der Waals surface area contributed by atoms with Crippen LogP contribution in [0, 0.1) is 6.92 Å². The Balaban J connectivity index is 1.44. The van der Waals surface area contributed by atoms with Gasteiger partial charge in [-0.1, -0.05) is 0 Å². The van der Waals surface area contributed by atoms with Crippen molar-refractivity contribution >= 4 is 34.0 Å². The van der Waals surface area contributed by atoms with E-state index >= 15 is 0 Å². The molecule has 0 saturated carbocycles. The Bertz CT molecular complexity index is 1770. The first-order chi connectivity index (χ1) is 20.7. The molecule has 2 N–H and O–H groups in total. The quantitative estimate of drug-likeness (QED) is 0.258. The largest absolute Gasteiger partial charge is 0.494 e. The molecule has 0 spiro atoms. The fourth-order valence-corrected chi connectivity index (χ4v) is 4.92. The number of halogens is 1. The molecular weight excluding hydrogens is 555 g/mol. The minimum atomic E-state index is -0.867. The summed E-state index contributed by atoms with van der Waals surface area (Å²) in [6.07, 6.45) is 6.13. The van der Waals surface area contributed by atoms with Crippen LogP contribution in [-0.2, 0) is 11.8 Å². The van der Waals surface area contributed by atoms with Crippen LogP contribution in [0.5, 0.6) is 23.0 Å². The zero-order valence-electron chi connectivity index (χ0n) is 24.6. The van der Waals surface area contributed by atoms with Crippen LogP contribution in [-0.4, -0.2) is 59.2 Å². The number of hydrogen-bond acceptors (Lipinski definition) is 9. The Morgan fingerprint density at radius 3 is 2.51 bits per heavy atom. The number of nitrogens with one attached hydrogen (secondary N) is 2. The predicted octanol–water partition coefficient (Wildman–Crippen LogP) is 5.08. The smallest absolute Gasteiger partial charge is 0.284 e. The van der Waals surface area contributed by atoms with Gasteiger partial charge in [0.05, 0.1) is 31.1 Å². The molecule has 1 fully saturated rings. The van der Waals surface area contributed by atoms with Crippen molar-refractivity contribution in [1.29, 1.82) is 0 Å². The number of fused-ring (bicyclic) bond motifs is 1. The van der Waals surface area contributed by atoms with Crippen LogP contribution >= 0.6 is 0 Å². The summed E-state index contributed by atoms with van der Waals surface area (Å²) in [5.41, 5.74) is 1.97. The molecule has 0 bridgehead atoms. The van der Waals surface area contributed by atoms with Crippen LogP contribution in [0.25, 0.3) is 10.9 Å². The van der Waals surface area contributed by atoms with Crippen molar-refractivity contribution in [1.82, 2.24) is 19.4 Å². The number of amides is 1. The molecule has 3 heterocycles. The molecule has 224 valence electrons. The van der Waals surface area contributed by atoms with Gasteiger partial charge in [0, 0.05) is 42.9 Å². The molecule has 2 aromatic carbocycles. The second-order valence-electron chi connectivity index (χ2n) is 10.3. The van der Waals surface area contributed by atoms with E-state index in [2.05, 4.69) is 20.6 Å². The number of likely N-dealkylation sites (tertiary alicyclic amines) is 1. The maximum atomic E-state index is 14.9. The summed E-state index contributed by atoms with van der Waals surface area (Å²) in [6, 6.07) is 9.81. The Morgan fingerprint density at radius 1 is 1.05 bits per heavy atom. The number of methoxy groups -OCH3 is 2. The van der Waals surface area contributed by atoms with Crippen LogP contribution in [0.4, 0.5) is 21.6 Å². The first-order valence-electron chi connectivity index (χ1n) is 13.7. The number of carbonyl (C=O) groups is 1. The average molecular weight is 589 g/mol.